The lowest BCUT2D eigenvalue weighted by Gasteiger charge is -2.54. The average Bonchev–Trinajstić information content (AvgIpc) is 2.58. The topological polar surface area (TPSA) is 140 Å². The average molecular weight is 392 g/mol. The van der Waals surface area contributed by atoms with Crippen LogP contribution in [0.4, 0.5) is 0 Å². The molecule has 1 aliphatic carbocycles. The third kappa shape index (κ3) is 4.64. The van der Waals surface area contributed by atoms with Gasteiger partial charge in [-0.15, -0.1) is 0 Å². The Morgan fingerprint density at radius 3 is 2.30 bits per heavy atom. The smallest absolute Gasteiger partial charge is 0.186 e. The van der Waals surface area contributed by atoms with E-state index in [2.05, 4.69) is 0 Å². The summed E-state index contributed by atoms with van der Waals surface area (Å²) >= 11 is 0. The molecule has 1 aliphatic heterocycles. The highest BCUT2D eigenvalue weighted by molar-refractivity contribution is 5.03. The Morgan fingerprint density at radius 1 is 1.15 bits per heavy atom. The van der Waals surface area contributed by atoms with E-state index in [1.165, 1.54) is 0 Å². The van der Waals surface area contributed by atoms with Crippen LogP contribution in [0.1, 0.15) is 53.4 Å². The summed E-state index contributed by atoms with van der Waals surface area (Å²) in [6.07, 6.45) is -5.32. The number of hydrogen-bond donors (Lipinski definition) is 6. The molecule has 1 heterocycles. The van der Waals surface area contributed by atoms with E-state index in [-0.39, 0.29) is 12.0 Å². The Balaban J connectivity index is 2.07. The summed E-state index contributed by atoms with van der Waals surface area (Å²) in [7, 11) is 0. The first-order valence-corrected chi connectivity index (χ1v) is 9.79. The fourth-order valence-corrected chi connectivity index (χ4v) is 4.57. The molecule has 0 amide bonds. The Labute approximate surface area is 160 Å². The van der Waals surface area contributed by atoms with E-state index in [1.54, 1.807) is 6.92 Å². The van der Waals surface area contributed by atoms with Crippen molar-refractivity contribution in [3.05, 3.63) is 0 Å². The normalized spacial score (nSPS) is 46.2. The predicted octanol–water partition coefficient (Wildman–Crippen LogP) is -0.480. The van der Waals surface area contributed by atoms with Crippen LogP contribution in [-0.4, -0.2) is 85.8 Å². The van der Waals surface area contributed by atoms with Crippen molar-refractivity contribution in [3.63, 3.8) is 0 Å². The van der Waals surface area contributed by atoms with Gasteiger partial charge < -0.3 is 40.1 Å². The lowest BCUT2D eigenvalue weighted by atomic mass is 9.58. The molecule has 0 bridgehead atoms. The molecule has 0 aromatic carbocycles. The van der Waals surface area contributed by atoms with Crippen LogP contribution in [0.3, 0.4) is 0 Å². The molecular weight excluding hydrogens is 356 g/mol. The summed E-state index contributed by atoms with van der Waals surface area (Å²) in [6, 6.07) is 0. The second-order valence-corrected chi connectivity index (χ2v) is 8.99. The zero-order valence-corrected chi connectivity index (χ0v) is 16.7. The standard InChI is InChI=1S/C19H36O8/c1-10-7-12(8-18(3,4)19(10,25)6-5-11(2)21)26-17-16(24)15(23)14(22)13(9-20)27-17/h10-17,20-25H,5-9H2,1-4H3. The van der Waals surface area contributed by atoms with Crippen molar-refractivity contribution in [2.75, 3.05) is 6.61 Å². The molecule has 9 unspecified atom stereocenters. The van der Waals surface area contributed by atoms with Crippen molar-refractivity contribution >= 4 is 0 Å². The van der Waals surface area contributed by atoms with Gasteiger partial charge in [0.15, 0.2) is 6.29 Å². The first-order chi connectivity index (χ1) is 12.4. The second-order valence-electron chi connectivity index (χ2n) is 8.99. The molecule has 27 heavy (non-hydrogen) atoms. The van der Waals surface area contributed by atoms with E-state index in [1.807, 2.05) is 20.8 Å². The van der Waals surface area contributed by atoms with Gasteiger partial charge in [-0.05, 0) is 43.9 Å². The van der Waals surface area contributed by atoms with Gasteiger partial charge in [0.25, 0.3) is 0 Å². The molecule has 8 nitrogen and oxygen atoms in total. The van der Waals surface area contributed by atoms with E-state index in [9.17, 15) is 30.6 Å². The maximum absolute atomic E-state index is 11.3. The zero-order valence-electron chi connectivity index (χ0n) is 16.7. The van der Waals surface area contributed by atoms with Gasteiger partial charge in [0.2, 0.25) is 0 Å². The van der Waals surface area contributed by atoms with E-state index in [4.69, 9.17) is 9.47 Å². The Hall–Kier alpha value is -0.320. The molecule has 160 valence electrons. The minimum absolute atomic E-state index is 0.116. The largest absolute Gasteiger partial charge is 0.394 e. The molecule has 9 atom stereocenters. The van der Waals surface area contributed by atoms with Crippen molar-refractivity contribution in [2.24, 2.45) is 11.3 Å². The summed E-state index contributed by atoms with van der Waals surface area (Å²) in [5.74, 6) is -0.116. The zero-order chi connectivity index (χ0) is 20.6. The molecule has 8 heteroatoms. The molecule has 2 aliphatic rings. The number of aliphatic hydroxyl groups is 6. The van der Waals surface area contributed by atoms with Gasteiger partial charge in [-0.25, -0.2) is 0 Å². The molecule has 1 saturated carbocycles. The highest BCUT2D eigenvalue weighted by atomic mass is 16.7. The van der Waals surface area contributed by atoms with Crippen molar-refractivity contribution in [3.8, 4) is 0 Å². The number of aliphatic hydroxyl groups excluding tert-OH is 5. The van der Waals surface area contributed by atoms with Crippen molar-refractivity contribution in [1.29, 1.82) is 0 Å². The van der Waals surface area contributed by atoms with Gasteiger partial charge in [0.05, 0.1) is 24.4 Å². The Morgan fingerprint density at radius 2 is 1.78 bits per heavy atom. The van der Waals surface area contributed by atoms with Gasteiger partial charge in [-0.2, -0.15) is 0 Å². The fraction of sp³-hybridized carbons (Fsp3) is 1.00. The predicted molar refractivity (Wildman–Crippen MR) is 96.7 cm³/mol. The quantitative estimate of drug-likeness (QED) is 0.356. The molecule has 2 fully saturated rings. The van der Waals surface area contributed by atoms with Crippen LogP contribution >= 0.6 is 0 Å². The van der Waals surface area contributed by atoms with E-state index in [0.717, 1.165) is 0 Å². The highest BCUT2D eigenvalue weighted by Gasteiger charge is 2.53. The molecule has 6 N–H and O–H groups in total. The third-order valence-corrected chi connectivity index (χ3v) is 6.46. The van der Waals surface area contributed by atoms with Gasteiger partial charge in [-0.3, -0.25) is 0 Å². The van der Waals surface area contributed by atoms with Crippen molar-refractivity contribution in [1.82, 2.24) is 0 Å². The van der Waals surface area contributed by atoms with Crippen molar-refractivity contribution < 1.29 is 40.1 Å². The second kappa shape index (κ2) is 8.59. The lowest BCUT2D eigenvalue weighted by Crippen LogP contribution is -2.61. The number of hydrogen-bond acceptors (Lipinski definition) is 8. The fourth-order valence-electron chi connectivity index (χ4n) is 4.57. The van der Waals surface area contributed by atoms with Crippen LogP contribution in [0.5, 0.6) is 0 Å². The number of rotatable bonds is 6. The maximum Gasteiger partial charge on any atom is 0.186 e. The minimum atomic E-state index is -1.47. The molecule has 0 aromatic heterocycles. The maximum atomic E-state index is 11.3. The summed E-state index contributed by atoms with van der Waals surface area (Å²) in [5.41, 5.74) is -1.46. The molecule has 0 radical (unpaired) electrons. The van der Waals surface area contributed by atoms with Crippen LogP contribution in [0.25, 0.3) is 0 Å². The molecule has 1 saturated heterocycles. The van der Waals surface area contributed by atoms with Crippen molar-refractivity contribution in [2.45, 2.75) is 102 Å². The van der Waals surface area contributed by atoms with Gasteiger partial charge in [0, 0.05) is 0 Å². The van der Waals surface area contributed by atoms with E-state index < -0.39 is 54.4 Å². The molecule has 2 rings (SSSR count). The molecule has 0 aromatic rings. The minimum Gasteiger partial charge on any atom is -0.394 e. The summed E-state index contributed by atoms with van der Waals surface area (Å²) in [6.45, 7) is 7.04. The third-order valence-electron chi connectivity index (χ3n) is 6.46. The van der Waals surface area contributed by atoms with E-state index >= 15 is 0 Å². The summed E-state index contributed by atoms with van der Waals surface area (Å²) in [5, 5.41) is 60.2. The first kappa shape index (κ1) is 23.0. The van der Waals surface area contributed by atoms with Crippen LogP contribution in [-0.2, 0) is 9.47 Å². The van der Waals surface area contributed by atoms with Crippen LogP contribution in [0.2, 0.25) is 0 Å². The van der Waals surface area contributed by atoms with Crippen LogP contribution in [0.15, 0.2) is 0 Å². The number of ether oxygens (including phenoxy) is 2. The molecular formula is C19H36O8. The summed E-state index contributed by atoms with van der Waals surface area (Å²) < 4.78 is 11.3. The Kier molecular flexibility index (Phi) is 7.30. The highest BCUT2D eigenvalue weighted by Crippen LogP contribution is 2.50. The monoisotopic (exact) mass is 392 g/mol. The van der Waals surface area contributed by atoms with E-state index in [0.29, 0.717) is 25.7 Å². The van der Waals surface area contributed by atoms with Gasteiger partial charge in [-0.1, -0.05) is 20.8 Å². The summed E-state index contributed by atoms with van der Waals surface area (Å²) in [4.78, 5) is 0. The first-order valence-electron chi connectivity index (χ1n) is 9.79. The SMILES string of the molecule is CC(O)CCC1(O)C(C)CC(OC2OC(CO)C(O)C(O)C2O)CC1(C)C. The lowest BCUT2D eigenvalue weighted by molar-refractivity contribution is -0.320. The van der Waals surface area contributed by atoms with Crippen LogP contribution < -0.4 is 0 Å². The van der Waals surface area contributed by atoms with Gasteiger partial charge in [0.1, 0.15) is 24.4 Å². The molecule has 0 spiro atoms. The van der Waals surface area contributed by atoms with Crippen LogP contribution in [0, 0.1) is 11.3 Å². The van der Waals surface area contributed by atoms with Gasteiger partial charge >= 0.3 is 0 Å². The Bertz CT molecular complexity index is 482.